The molecule has 3 aromatic rings. The standard InChI is InChI=1S/C13H17N5S/c1-3-4-14-8-11-12(18-9-10(2)7-15-18)16-13-17(11)5-6-19-13/h5-7,9,14H,3-4,8H2,1-2H3. The van der Waals surface area contributed by atoms with Gasteiger partial charge in [-0.15, -0.1) is 11.3 Å². The molecular formula is C13H17N5S. The summed E-state index contributed by atoms with van der Waals surface area (Å²) in [6.07, 6.45) is 7.06. The quantitative estimate of drug-likeness (QED) is 0.727. The first-order valence-electron chi connectivity index (χ1n) is 6.46. The SMILES string of the molecule is CCCNCc1c(-n2cc(C)cn2)nc2sccn12. The monoisotopic (exact) mass is 275 g/mol. The molecule has 0 bridgehead atoms. The molecule has 0 aliphatic carbocycles. The number of nitrogens with one attached hydrogen (secondary N) is 1. The van der Waals surface area contributed by atoms with Crippen LogP contribution in [-0.2, 0) is 6.54 Å². The van der Waals surface area contributed by atoms with E-state index in [1.165, 1.54) is 0 Å². The van der Waals surface area contributed by atoms with E-state index in [1.807, 2.05) is 24.0 Å². The highest BCUT2D eigenvalue weighted by Crippen LogP contribution is 2.20. The van der Waals surface area contributed by atoms with Crippen molar-refractivity contribution < 1.29 is 0 Å². The third-order valence-corrected chi connectivity index (χ3v) is 3.74. The number of nitrogens with zero attached hydrogens (tertiary/aromatic N) is 4. The lowest BCUT2D eigenvalue weighted by Crippen LogP contribution is -2.16. The predicted molar refractivity (Wildman–Crippen MR) is 76.9 cm³/mol. The zero-order chi connectivity index (χ0) is 13.2. The number of hydrogen-bond donors (Lipinski definition) is 1. The highest BCUT2D eigenvalue weighted by molar-refractivity contribution is 7.15. The molecule has 0 unspecified atom stereocenters. The van der Waals surface area contributed by atoms with Gasteiger partial charge in [-0.05, 0) is 25.5 Å². The zero-order valence-electron chi connectivity index (χ0n) is 11.1. The van der Waals surface area contributed by atoms with Gasteiger partial charge in [0.05, 0.1) is 11.9 Å². The second kappa shape index (κ2) is 5.14. The molecule has 0 aliphatic heterocycles. The Kier molecular flexibility index (Phi) is 3.35. The van der Waals surface area contributed by atoms with E-state index in [2.05, 4.69) is 38.3 Å². The van der Waals surface area contributed by atoms with Gasteiger partial charge < -0.3 is 5.32 Å². The van der Waals surface area contributed by atoms with Gasteiger partial charge in [0.2, 0.25) is 0 Å². The van der Waals surface area contributed by atoms with Crippen LogP contribution in [0.2, 0.25) is 0 Å². The van der Waals surface area contributed by atoms with Gasteiger partial charge in [-0.25, -0.2) is 4.68 Å². The van der Waals surface area contributed by atoms with E-state index in [1.54, 1.807) is 11.3 Å². The van der Waals surface area contributed by atoms with Gasteiger partial charge in [0.25, 0.3) is 0 Å². The number of aromatic nitrogens is 4. The van der Waals surface area contributed by atoms with E-state index in [4.69, 9.17) is 0 Å². The molecule has 0 saturated heterocycles. The molecular weight excluding hydrogens is 258 g/mol. The van der Waals surface area contributed by atoms with Crippen molar-refractivity contribution in [3.63, 3.8) is 0 Å². The Morgan fingerprint density at radius 3 is 3.05 bits per heavy atom. The third-order valence-electron chi connectivity index (χ3n) is 2.99. The predicted octanol–water partition coefficient (Wildman–Crippen LogP) is 2.39. The van der Waals surface area contributed by atoms with E-state index in [9.17, 15) is 0 Å². The van der Waals surface area contributed by atoms with E-state index < -0.39 is 0 Å². The van der Waals surface area contributed by atoms with Crippen molar-refractivity contribution >= 4 is 16.3 Å². The number of thiazole rings is 1. The van der Waals surface area contributed by atoms with Gasteiger partial charge in [-0.3, -0.25) is 4.40 Å². The van der Waals surface area contributed by atoms with Crippen LogP contribution in [-0.4, -0.2) is 25.7 Å². The summed E-state index contributed by atoms with van der Waals surface area (Å²) in [6.45, 7) is 6.02. The summed E-state index contributed by atoms with van der Waals surface area (Å²) < 4.78 is 4.00. The van der Waals surface area contributed by atoms with Crippen LogP contribution in [0, 0.1) is 6.92 Å². The molecule has 3 rings (SSSR count). The molecule has 0 atom stereocenters. The Morgan fingerprint density at radius 2 is 2.32 bits per heavy atom. The maximum atomic E-state index is 4.68. The lowest BCUT2D eigenvalue weighted by atomic mass is 10.4. The van der Waals surface area contributed by atoms with Crippen molar-refractivity contribution in [3.05, 3.63) is 35.2 Å². The maximum absolute atomic E-state index is 4.68. The molecule has 0 aliphatic rings. The maximum Gasteiger partial charge on any atom is 0.196 e. The lowest BCUT2D eigenvalue weighted by molar-refractivity contribution is 0.655. The number of imidazole rings is 1. The Bertz CT molecular complexity index is 678. The van der Waals surface area contributed by atoms with Gasteiger partial charge in [0.1, 0.15) is 0 Å². The first kappa shape index (κ1) is 12.4. The third kappa shape index (κ3) is 2.29. The van der Waals surface area contributed by atoms with Crippen LogP contribution in [0.4, 0.5) is 0 Å². The summed E-state index contributed by atoms with van der Waals surface area (Å²) in [4.78, 5) is 5.69. The van der Waals surface area contributed by atoms with Crippen LogP contribution in [0.1, 0.15) is 24.6 Å². The second-order valence-corrected chi connectivity index (χ2v) is 5.45. The average Bonchev–Trinajstić information content (AvgIpc) is 3.06. The van der Waals surface area contributed by atoms with Gasteiger partial charge in [-0.1, -0.05) is 6.92 Å². The van der Waals surface area contributed by atoms with Crippen LogP contribution in [0.15, 0.2) is 24.0 Å². The fourth-order valence-corrected chi connectivity index (χ4v) is 2.81. The summed E-state index contributed by atoms with van der Waals surface area (Å²) in [5.41, 5.74) is 2.30. The van der Waals surface area contributed by atoms with E-state index >= 15 is 0 Å². The van der Waals surface area contributed by atoms with Gasteiger partial charge in [-0.2, -0.15) is 10.1 Å². The Morgan fingerprint density at radius 1 is 1.42 bits per heavy atom. The lowest BCUT2D eigenvalue weighted by Gasteiger charge is -2.05. The number of fused-ring (bicyclic) bond motifs is 1. The molecule has 100 valence electrons. The molecule has 0 saturated carbocycles. The second-order valence-electron chi connectivity index (χ2n) is 4.58. The number of hydrogen-bond acceptors (Lipinski definition) is 4. The summed E-state index contributed by atoms with van der Waals surface area (Å²) in [5.74, 6) is 0.920. The normalized spacial score (nSPS) is 11.5. The molecule has 19 heavy (non-hydrogen) atoms. The molecule has 6 heteroatoms. The molecule has 3 heterocycles. The van der Waals surface area contributed by atoms with Crippen molar-refractivity contribution in [3.8, 4) is 5.82 Å². The minimum absolute atomic E-state index is 0.806. The first-order valence-corrected chi connectivity index (χ1v) is 7.34. The molecule has 1 N–H and O–H groups in total. The first-order chi connectivity index (χ1) is 9.29. The van der Waals surface area contributed by atoms with Crippen molar-refractivity contribution in [1.29, 1.82) is 0 Å². The Balaban J connectivity index is 2.02. The van der Waals surface area contributed by atoms with E-state index in [0.29, 0.717) is 0 Å². The minimum Gasteiger partial charge on any atom is -0.311 e. The highest BCUT2D eigenvalue weighted by Gasteiger charge is 2.14. The van der Waals surface area contributed by atoms with Gasteiger partial charge in [0.15, 0.2) is 10.8 Å². The summed E-state index contributed by atoms with van der Waals surface area (Å²) in [6, 6.07) is 0. The topological polar surface area (TPSA) is 47.2 Å². The summed E-state index contributed by atoms with van der Waals surface area (Å²) in [7, 11) is 0. The minimum atomic E-state index is 0.806. The molecule has 0 fully saturated rings. The molecule has 0 amide bonds. The van der Waals surface area contributed by atoms with Crippen molar-refractivity contribution in [2.75, 3.05) is 6.54 Å². The largest absolute Gasteiger partial charge is 0.311 e. The van der Waals surface area contributed by atoms with E-state index in [0.717, 1.165) is 41.5 Å². The van der Waals surface area contributed by atoms with Crippen LogP contribution in [0.25, 0.3) is 10.8 Å². The van der Waals surface area contributed by atoms with Crippen molar-refractivity contribution in [2.45, 2.75) is 26.8 Å². The van der Waals surface area contributed by atoms with Crippen LogP contribution >= 0.6 is 11.3 Å². The van der Waals surface area contributed by atoms with Gasteiger partial charge in [0, 0.05) is 24.3 Å². The summed E-state index contributed by atoms with van der Waals surface area (Å²) >= 11 is 1.65. The molecule has 0 radical (unpaired) electrons. The Hall–Kier alpha value is -1.66. The van der Waals surface area contributed by atoms with Crippen molar-refractivity contribution in [2.24, 2.45) is 0 Å². The zero-order valence-corrected chi connectivity index (χ0v) is 11.9. The fourth-order valence-electron chi connectivity index (χ4n) is 2.08. The smallest absolute Gasteiger partial charge is 0.196 e. The van der Waals surface area contributed by atoms with Crippen LogP contribution in [0.5, 0.6) is 0 Å². The van der Waals surface area contributed by atoms with Gasteiger partial charge >= 0.3 is 0 Å². The average molecular weight is 275 g/mol. The molecule has 0 aromatic carbocycles. The molecule has 5 nitrogen and oxygen atoms in total. The number of rotatable bonds is 5. The fraction of sp³-hybridized carbons (Fsp3) is 0.385. The molecule has 0 spiro atoms. The highest BCUT2D eigenvalue weighted by atomic mass is 32.1. The van der Waals surface area contributed by atoms with Crippen LogP contribution in [0.3, 0.4) is 0 Å². The van der Waals surface area contributed by atoms with Crippen LogP contribution < -0.4 is 5.32 Å². The summed E-state index contributed by atoms with van der Waals surface area (Å²) in [5, 5.41) is 9.87. The van der Waals surface area contributed by atoms with Crippen molar-refractivity contribution in [1.82, 2.24) is 24.5 Å². The van der Waals surface area contributed by atoms with E-state index in [-0.39, 0.29) is 0 Å². The molecule has 3 aromatic heterocycles. The number of aryl methyl sites for hydroxylation is 1. The Labute approximate surface area is 115 Å².